The summed E-state index contributed by atoms with van der Waals surface area (Å²) in [7, 11) is 0. The van der Waals surface area contributed by atoms with E-state index >= 15 is 0 Å². The second kappa shape index (κ2) is 11.4. The van der Waals surface area contributed by atoms with E-state index in [1.807, 2.05) is 26.0 Å². The summed E-state index contributed by atoms with van der Waals surface area (Å²) in [6.45, 7) is 10.8. The number of amides is 1. The summed E-state index contributed by atoms with van der Waals surface area (Å²) < 4.78 is 0. The van der Waals surface area contributed by atoms with Crippen molar-refractivity contribution in [3.8, 4) is 0 Å². The van der Waals surface area contributed by atoms with Crippen molar-refractivity contribution in [1.82, 2.24) is 20.4 Å². The molecule has 0 bridgehead atoms. The van der Waals surface area contributed by atoms with Crippen molar-refractivity contribution in [1.29, 1.82) is 0 Å². The summed E-state index contributed by atoms with van der Waals surface area (Å²) >= 11 is 6.13. The van der Waals surface area contributed by atoms with Gasteiger partial charge < -0.3 is 15.5 Å². The Balaban J connectivity index is 0.00000300. The third-order valence-electron chi connectivity index (χ3n) is 5.18. The van der Waals surface area contributed by atoms with Gasteiger partial charge in [0.25, 0.3) is 0 Å². The van der Waals surface area contributed by atoms with Crippen molar-refractivity contribution in [2.24, 2.45) is 4.99 Å². The number of aliphatic imine (C=N–C) groups is 1. The zero-order valence-electron chi connectivity index (χ0n) is 17.5. The van der Waals surface area contributed by atoms with Crippen molar-refractivity contribution in [3.63, 3.8) is 0 Å². The lowest BCUT2D eigenvalue weighted by Crippen LogP contribution is -2.54. The van der Waals surface area contributed by atoms with Crippen LogP contribution < -0.4 is 10.6 Å². The van der Waals surface area contributed by atoms with Gasteiger partial charge in [-0.1, -0.05) is 23.7 Å². The van der Waals surface area contributed by atoms with Crippen LogP contribution in [0.3, 0.4) is 0 Å². The highest BCUT2D eigenvalue weighted by Gasteiger charge is 2.40. The molecule has 1 aliphatic heterocycles. The smallest absolute Gasteiger partial charge is 0.234 e. The van der Waals surface area contributed by atoms with Crippen LogP contribution in [0.2, 0.25) is 5.02 Å². The molecule has 2 fully saturated rings. The highest BCUT2D eigenvalue weighted by atomic mass is 127. The number of nitrogens with one attached hydrogen (secondary N) is 2. The number of halogens is 2. The molecule has 1 aromatic rings. The van der Waals surface area contributed by atoms with Gasteiger partial charge in [-0.15, -0.1) is 24.0 Å². The number of rotatable bonds is 6. The van der Waals surface area contributed by atoms with Crippen LogP contribution in [0.4, 0.5) is 0 Å². The minimum atomic E-state index is 0. The average Bonchev–Trinajstić information content (AvgIpc) is 3.41. The van der Waals surface area contributed by atoms with Gasteiger partial charge in [-0.05, 0) is 44.9 Å². The van der Waals surface area contributed by atoms with E-state index in [2.05, 4.69) is 39.5 Å². The van der Waals surface area contributed by atoms with Gasteiger partial charge in [0.15, 0.2) is 5.96 Å². The fourth-order valence-corrected chi connectivity index (χ4v) is 3.90. The van der Waals surface area contributed by atoms with Crippen LogP contribution >= 0.6 is 35.6 Å². The molecule has 2 unspecified atom stereocenters. The molecule has 162 valence electrons. The van der Waals surface area contributed by atoms with Crippen molar-refractivity contribution < 1.29 is 4.79 Å². The SMILES string of the molecule is CCN=C(NC1CC1c1cccc(Cl)c1)N1CCN(CC(=O)NC(C)C)CC1.I. The highest BCUT2D eigenvalue weighted by molar-refractivity contribution is 14.0. The number of nitrogens with zero attached hydrogens (tertiary/aromatic N) is 3. The van der Waals surface area contributed by atoms with Gasteiger partial charge in [-0.25, -0.2) is 0 Å². The van der Waals surface area contributed by atoms with Crippen LogP contribution in [0.15, 0.2) is 29.3 Å². The van der Waals surface area contributed by atoms with Gasteiger partial charge in [-0.2, -0.15) is 0 Å². The fourth-order valence-electron chi connectivity index (χ4n) is 3.70. The zero-order chi connectivity index (χ0) is 20.1. The third-order valence-corrected chi connectivity index (χ3v) is 5.41. The number of carbonyl (C=O) groups excluding carboxylic acids is 1. The quantitative estimate of drug-likeness (QED) is 0.335. The van der Waals surface area contributed by atoms with Gasteiger partial charge in [0.1, 0.15) is 0 Å². The van der Waals surface area contributed by atoms with Crippen LogP contribution in [0, 0.1) is 0 Å². The number of piperazine rings is 1. The summed E-state index contributed by atoms with van der Waals surface area (Å²) in [4.78, 5) is 21.2. The number of hydrogen-bond donors (Lipinski definition) is 2. The van der Waals surface area contributed by atoms with E-state index in [1.165, 1.54) is 5.56 Å². The predicted octanol–water partition coefficient (Wildman–Crippen LogP) is 2.92. The van der Waals surface area contributed by atoms with E-state index in [9.17, 15) is 4.79 Å². The minimum Gasteiger partial charge on any atom is -0.353 e. The van der Waals surface area contributed by atoms with E-state index in [0.29, 0.717) is 18.5 Å². The summed E-state index contributed by atoms with van der Waals surface area (Å²) in [5, 5.41) is 7.40. The molecule has 29 heavy (non-hydrogen) atoms. The lowest BCUT2D eigenvalue weighted by atomic mass is 10.1. The average molecular weight is 534 g/mol. The molecule has 1 aliphatic carbocycles. The molecule has 3 rings (SSSR count). The maximum atomic E-state index is 12.0. The van der Waals surface area contributed by atoms with Crippen LogP contribution in [-0.4, -0.2) is 73.0 Å². The lowest BCUT2D eigenvalue weighted by Gasteiger charge is -2.36. The Labute approximate surface area is 196 Å². The molecule has 2 aliphatic rings. The fraction of sp³-hybridized carbons (Fsp3) is 0.619. The second-order valence-corrected chi connectivity index (χ2v) is 8.37. The first-order valence-electron chi connectivity index (χ1n) is 10.3. The molecule has 1 saturated carbocycles. The van der Waals surface area contributed by atoms with Gasteiger partial charge in [0.2, 0.25) is 5.91 Å². The van der Waals surface area contributed by atoms with Crippen LogP contribution in [0.1, 0.15) is 38.7 Å². The Morgan fingerprint density at radius 1 is 1.28 bits per heavy atom. The Morgan fingerprint density at radius 2 is 2.00 bits per heavy atom. The molecular weight excluding hydrogens is 501 g/mol. The van der Waals surface area contributed by atoms with Crippen molar-refractivity contribution >= 4 is 47.4 Å². The van der Waals surface area contributed by atoms with Gasteiger partial charge in [-0.3, -0.25) is 14.7 Å². The van der Waals surface area contributed by atoms with E-state index in [4.69, 9.17) is 16.6 Å². The first kappa shape index (κ1) is 24.2. The van der Waals surface area contributed by atoms with Crippen molar-refractivity contribution in [2.75, 3.05) is 39.3 Å². The number of carbonyl (C=O) groups is 1. The van der Waals surface area contributed by atoms with Crippen molar-refractivity contribution in [3.05, 3.63) is 34.9 Å². The Kier molecular flexibility index (Phi) is 9.49. The van der Waals surface area contributed by atoms with E-state index in [-0.39, 0.29) is 35.9 Å². The summed E-state index contributed by atoms with van der Waals surface area (Å²) in [6, 6.07) is 8.75. The minimum absolute atomic E-state index is 0. The third kappa shape index (κ3) is 7.29. The monoisotopic (exact) mass is 533 g/mol. The zero-order valence-corrected chi connectivity index (χ0v) is 20.6. The molecule has 0 aromatic heterocycles. The molecular formula is C21H33ClIN5O. The molecule has 2 N–H and O–H groups in total. The van der Waals surface area contributed by atoms with Gasteiger partial charge in [0, 0.05) is 55.7 Å². The van der Waals surface area contributed by atoms with Crippen molar-refractivity contribution in [2.45, 2.75) is 45.2 Å². The molecule has 1 saturated heterocycles. The normalized spacial score (nSPS) is 22.2. The Hall–Kier alpha value is -1.06. The molecule has 1 heterocycles. The first-order valence-corrected chi connectivity index (χ1v) is 10.7. The lowest BCUT2D eigenvalue weighted by molar-refractivity contribution is -0.123. The molecule has 6 nitrogen and oxygen atoms in total. The Bertz CT molecular complexity index is 706. The topological polar surface area (TPSA) is 60.0 Å². The second-order valence-electron chi connectivity index (χ2n) is 7.93. The molecule has 0 spiro atoms. The number of hydrogen-bond acceptors (Lipinski definition) is 3. The largest absolute Gasteiger partial charge is 0.353 e. The number of guanidine groups is 1. The van der Waals surface area contributed by atoms with Crippen LogP contribution in [-0.2, 0) is 4.79 Å². The van der Waals surface area contributed by atoms with Gasteiger partial charge in [0.05, 0.1) is 6.54 Å². The molecule has 2 atom stereocenters. The predicted molar refractivity (Wildman–Crippen MR) is 130 cm³/mol. The maximum Gasteiger partial charge on any atom is 0.234 e. The van der Waals surface area contributed by atoms with E-state index < -0.39 is 0 Å². The van der Waals surface area contributed by atoms with Gasteiger partial charge >= 0.3 is 0 Å². The molecule has 0 radical (unpaired) electrons. The summed E-state index contributed by atoms with van der Waals surface area (Å²) in [5.74, 6) is 1.59. The maximum absolute atomic E-state index is 12.0. The Morgan fingerprint density at radius 3 is 2.62 bits per heavy atom. The standard InChI is InChI=1S/C21H32ClN5O.HI/c1-4-23-21(25-19-13-18(19)16-6-5-7-17(22)12-16)27-10-8-26(9-11-27)14-20(28)24-15(2)3;/h5-7,12,15,18-19H,4,8-11,13-14H2,1-3H3,(H,23,25)(H,24,28);1H. The van der Waals surface area contributed by atoms with E-state index in [1.54, 1.807) is 0 Å². The first-order chi connectivity index (χ1) is 13.5. The van der Waals surface area contributed by atoms with Crippen LogP contribution in [0.25, 0.3) is 0 Å². The molecule has 1 amide bonds. The summed E-state index contributed by atoms with van der Waals surface area (Å²) in [6.07, 6.45) is 1.11. The molecule has 1 aromatic carbocycles. The van der Waals surface area contributed by atoms with Crippen LogP contribution in [0.5, 0.6) is 0 Å². The highest BCUT2D eigenvalue weighted by Crippen LogP contribution is 2.41. The summed E-state index contributed by atoms with van der Waals surface area (Å²) in [5.41, 5.74) is 1.29. The number of benzene rings is 1. The molecule has 8 heteroatoms. The van der Waals surface area contributed by atoms with E-state index in [0.717, 1.165) is 50.1 Å².